The number of benzene rings is 1. The van der Waals surface area contributed by atoms with Gasteiger partial charge in [0.25, 0.3) is 0 Å². The minimum atomic E-state index is 0.419. The largest absolute Gasteiger partial charge is 0.145 e. The molecule has 0 aromatic heterocycles. The molecule has 0 amide bonds. The van der Waals surface area contributed by atoms with E-state index in [9.17, 15) is 4.91 Å². The summed E-state index contributed by atoms with van der Waals surface area (Å²) in [5.41, 5.74) is 0.419. The van der Waals surface area contributed by atoms with E-state index in [0.29, 0.717) is 5.69 Å². The van der Waals surface area contributed by atoms with E-state index in [-0.39, 0.29) is 0 Å². The molecule has 1 rings (SSSR count). The fraction of sp³-hybridized carbons (Fsp3) is 0. The first-order valence-corrected chi connectivity index (χ1v) is 2.90. The van der Waals surface area contributed by atoms with Crippen molar-refractivity contribution in [3.8, 4) is 0 Å². The fourth-order valence-electron chi connectivity index (χ4n) is 0.550. The summed E-state index contributed by atoms with van der Waals surface area (Å²) in [6.07, 6.45) is 0. The predicted octanol–water partition coefficient (Wildman–Crippen LogP) is 2.37. The summed E-state index contributed by atoms with van der Waals surface area (Å²) < 4.78 is 0. The van der Waals surface area contributed by atoms with E-state index in [1.807, 2.05) is 0 Å². The summed E-state index contributed by atoms with van der Waals surface area (Å²) in [4.78, 5) is 10.6. The highest BCUT2D eigenvalue weighted by atomic mass is 32.1. The van der Waals surface area contributed by atoms with Crippen LogP contribution in [0.3, 0.4) is 0 Å². The molecule has 0 fully saturated rings. The average molecular weight is 139 g/mol. The first-order chi connectivity index (χ1) is 4.33. The summed E-state index contributed by atoms with van der Waals surface area (Å²) in [6.45, 7) is 0. The van der Waals surface area contributed by atoms with Crippen molar-refractivity contribution in [3.05, 3.63) is 29.2 Å². The van der Waals surface area contributed by atoms with E-state index in [2.05, 4.69) is 17.8 Å². The van der Waals surface area contributed by atoms with Crippen LogP contribution < -0.4 is 0 Å². The molecule has 3 heteroatoms. The Bertz CT molecular complexity index is 224. The lowest BCUT2D eigenvalue weighted by Gasteiger charge is -1.87. The minimum absolute atomic E-state index is 0.419. The van der Waals surface area contributed by atoms with E-state index in [0.717, 1.165) is 4.90 Å². The van der Waals surface area contributed by atoms with Gasteiger partial charge in [0.05, 0.1) is 0 Å². The minimum Gasteiger partial charge on any atom is -0.145 e. The lowest BCUT2D eigenvalue weighted by Crippen LogP contribution is -1.62. The summed E-state index contributed by atoms with van der Waals surface area (Å²) >= 11 is 4.01. The quantitative estimate of drug-likeness (QED) is 0.469. The third-order valence-electron chi connectivity index (χ3n) is 0.935. The van der Waals surface area contributed by atoms with Gasteiger partial charge in [-0.15, -0.1) is 17.5 Å². The maximum atomic E-state index is 9.87. The van der Waals surface area contributed by atoms with E-state index >= 15 is 0 Å². The van der Waals surface area contributed by atoms with E-state index < -0.39 is 0 Å². The van der Waals surface area contributed by atoms with Crippen LogP contribution in [0.25, 0.3) is 0 Å². The first kappa shape index (κ1) is 6.29. The van der Waals surface area contributed by atoms with Gasteiger partial charge in [-0.25, -0.2) is 0 Å². The molecule has 0 bridgehead atoms. The van der Waals surface area contributed by atoms with Crippen molar-refractivity contribution in [2.75, 3.05) is 0 Å². The maximum Gasteiger partial charge on any atom is 0.109 e. The van der Waals surface area contributed by atoms with Gasteiger partial charge in [-0.3, -0.25) is 0 Å². The molecule has 0 aliphatic rings. The molecule has 0 radical (unpaired) electrons. The van der Waals surface area contributed by atoms with Gasteiger partial charge in [0.1, 0.15) is 5.69 Å². The van der Waals surface area contributed by atoms with E-state index in [1.54, 1.807) is 24.3 Å². The Morgan fingerprint density at radius 2 is 2.22 bits per heavy atom. The molecule has 46 valence electrons. The molecule has 0 unspecified atom stereocenters. The highest BCUT2D eigenvalue weighted by molar-refractivity contribution is 7.80. The molecule has 0 atom stereocenters. The molecular weight excluding hydrogens is 134 g/mol. The smallest absolute Gasteiger partial charge is 0.109 e. The predicted molar refractivity (Wildman–Crippen MR) is 39.1 cm³/mol. The van der Waals surface area contributed by atoms with Crippen molar-refractivity contribution < 1.29 is 0 Å². The highest BCUT2D eigenvalue weighted by Crippen LogP contribution is 2.15. The summed E-state index contributed by atoms with van der Waals surface area (Å²) in [6, 6.07) is 6.76. The maximum absolute atomic E-state index is 9.87. The Morgan fingerprint density at radius 1 is 1.44 bits per heavy atom. The van der Waals surface area contributed by atoms with Gasteiger partial charge >= 0.3 is 0 Å². The lowest BCUT2D eigenvalue weighted by molar-refractivity contribution is 1.41. The first-order valence-electron chi connectivity index (χ1n) is 2.45. The second-order valence-corrected chi connectivity index (χ2v) is 2.13. The van der Waals surface area contributed by atoms with Crippen molar-refractivity contribution in [1.82, 2.24) is 0 Å². The zero-order chi connectivity index (χ0) is 6.69. The Kier molecular flexibility index (Phi) is 1.85. The molecule has 0 saturated carbocycles. The molecule has 0 aliphatic heterocycles. The molecule has 0 heterocycles. The molecule has 0 saturated heterocycles. The summed E-state index contributed by atoms with van der Waals surface area (Å²) in [5.74, 6) is 0. The van der Waals surface area contributed by atoms with E-state index in [1.165, 1.54) is 0 Å². The number of thiol groups is 1. The second kappa shape index (κ2) is 2.64. The molecule has 1 aromatic carbocycles. The van der Waals surface area contributed by atoms with Crippen molar-refractivity contribution >= 4 is 18.3 Å². The zero-order valence-corrected chi connectivity index (χ0v) is 5.51. The van der Waals surface area contributed by atoms with Crippen LogP contribution in [0.2, 0.25) is 0 Å². The number of nitrogens with zero attached hydrogens (tertiary/aromatic N) is 1. The summed E-state index contributed by atoms with van der Waals surface area (Å²) in [5, 5.41) is 2.73. The lowest BCUT2D eigenvalue weighted by atomic mass is 10.3. The van der Waals surface area contributed by atoms with Crippen LogP contribution in [0.1, 0.15) is 0 Å². The van der Waals surface area contributed by atoms with Crippen molar-refractivity contribution in [2.24, 2.45) is 5.18 Å². The van der Waals surface area contributed by atoms with Gasteiger partial charge in [-0.2, -0.15) is 0 Å². The topological polar surface area (TPSA) is 29.4 Å². The summed E-state index contributed by atoms with van der Waals surface area (Å²) in [7, 11) is 0. The SMILES string of the molecule is O=Nc1cccc(S)c1. The van der Waals surface area contributed by atoms with Crippen molar-refractivity contribution in [1.29, 1.82) is 0 Å². The normalized spacial score (nSPS) is 9.00. The Morgan fingerprint density at radius 3 is 2.67 bits per heavy atom. The number of nitroso groups, excluding NO2 is 1. The van der Waals surface area contributed by atoms with Crippen LogP contribution in [0, 0.1) is 4.91 Å². The number of rotatable bonds is 1. The molecule has 1 aromatic rings. The van der Waals surface area contributed by atoms with Gasteiger partial charge in [0, 0.05) is 4.90 Å². The van der Waals surface area contributed by atoms with Gasteiger partial charge in [-0.1, -0.05) is 6.07 Å². The van der Waals surface area contributed by atoms with Crippen LogP contribution in [0.5, 0.6) is 0 Å². The Hall–Kier alpha value is -0.830. The van der Waals surface area contributed by atoms with Crippen LogP contribution in [-0.4, -0.2) is 0 Å². The third kappa shape index (κ3) is 1.54. The van der Waals surface area contributed by atoms with Crippen LogP contribution in [0.15, 0.2) is 34.3 Å². The number of hydrogen-bond acceptors (Lipinski definition) is 3. The highest BCUT2D eigenvalue weighted by Gasteiger charge is 1.88. The Balaban J connectivity index is 3.07. The monoisotopic (exact) mass is 139 g/mol. The molecule has 2 nitrogen and oxygen atoms in total. The third-order valence-corrected chi connectivity index (χ3v) is 1.21. The van der Waals surface area contributed by atoms with Crippen molar-refractivity contribution in [2.45, 2.75) is 4.90 Å². The molecule has 9 heavy (non-hydrogen) atoms. The van der Waals surface area contributed by atoms with Gasteiger partial charge in [0.2, 0.25) is 0 Å². The Labute approximate surface area is 58.3 Å². The zero-order valence-electron chi connectivity index (χ0n) is 4.61. The fourth-order valence-corrected chi connectivity index (χ4v) is 0.768. The van der Waals surface area contributed by atoms with Crippen LogP contribution >= 0.6 is 12.6 Å². The molecule has 0 spiro atoms. The van der Waals surface area contributed by atoms with Crippen LogP contribution in [-0.2, 0) is 0 Å². The van der Waals surface area contributed by atoms with Gasteiger partial charge < -0.3 is 0 Å². The second-order valence-electron chi connectivity index (χ2n) is 1.61. The van der Waals surface area contributed by atoms with Crippen LogP contribution in [0.4, 0.5) is 5.69 Å². The standard InChI is InChI=1S/C6H5NOS/c8-7-5-2-1-3-6(9)4-5/h1-4,9H. The van der Waals surface area contributed by atoms with Crippen molar-refractivity contribution in [3.63, 3.8) is 0 Å². The molecule has 0 aliphatic carbocycles. The molecule has 0 N–H and O–H groups in total. The average Bonchev–Trinajstić information content (AvgIpc) is 1.88. The van der Waals surface area contributed by atoms with Gasteiger partial charge in [-0.05, 0) is 23.4 Å². The molecular formula is C6H5NOS. The number of hydrogen-bond donors (Lipinski definition) is 1. The van der Waals surface area contributed by atoms with Gasteiger partial charge in [0.15, 0.2) is 0 Å². The van der Waals surface area contributed by atoms with E-state index in [4.69, 9.17) is 0 Å².